The van der Waals surface area contributed by atoms with E-state index in [0.717, 1.165) is 0 Å². The second-order valence-electron chi connectivity index (χ2n) is 1.13. The van der Waals surface area contributed by atoms with Crippen LogP contribution < -0.4 is 0 Å². The van der Waals surface area contributed by atoms with Gasteiger partial charge in [0.25, 0.3) is 0 Å². The monoisotopic (exact) mass is 228 g/mol. The summed E-state index contributed by atoms with van der Waals surface area (Å²) in [7, 11) is -11.3. The summed E-state index contributed by atoms with van der Waals surface area (Å²) in [6, 6.07) is 0. The molecule has 0 spiro atoms. The highest BCUT2D eigenvalue weighted by Gasteiger charge is 2.37. The van der Waals surface area contributed by atoms with E-state index in [1.165, 1.54) is 0 Å². The van der Waals surface area contributed by atoms with Gasteiger partial charge in [-0.25, -0.2) is 9.13 Å². The van der Waals surface area contributed by atoms with Crippen molar-refractivity contribution in [2.45, 2.75) is 0 Å². The standard InChI is InChI=1S/H4O6P2.H3O2P/c1-7(2,3)8(4,5)6;1-3-2/h(H2,1,2,3)(H2,4,5,6);1-3H. The summed E-state index contributed by atoms with van der Waals surface area (Å²) in [6.45, 7) is 0. The average Bonchev–Trinajstić information content (AvgIpc) is 1.60. The molecule has 0 atom stereocenters. The Morgan fingerprint density at radius 1 is 0.818 bits per heavy atom. The molecule has 8 nitrogen and oxygen atoms in total. The Hall–Kier alpha value is 0.650. The molecule has 6 N–H and O–H groups in total. The molecule has 0 aliphatic rings. The minimum absolute atomic E-state index is 0.917. The van der Waals surface area contributed by atoms with Crippen LogP contribution in [0.3, 0.4) is 0 Å². The maximum Gasteiger partial charge on any atom is 0.435 e. The van der Waals surface area contributed by atoms with E-state index in [1.807, 2.05) is 0 Å². The third kappa shape index (κ3) is 8.56. The molecule has 0 aromatic rings. The van der Waals surface area contributed by atoms with Gasteiger partial charge in [0.1, 0.15) is 9.03 Å². The van der Waals surface area contributed by atoms with Crippen molar-refractivity contribution >= 4 is 23.6 Å². The minimum Gasteiger partial charge on any atom is -0.352 e. The maximum atomic E-state index is 9.58. The van der Waals surface area contributed by atoms with Crippen molar-refractivity contribution in [1.29, 1.82) is 0 Å². The number of rotatable bonds is 1. The second-order valence-corrected chi connectivity index (χ2v) is 6.51. The molecule has 0 heterocycles. The van der Waals surface area contributed by atoms with Gasteiger partial charge in [-0.05, 0) is 0 Å². The summed E-state index contributed by atoms with van der Waals surface area (Å²) < 4.78 is 19.2. The second kappa shape index (κ2) is 5.32. The molecule has 0 amide bonds. The summed E-state index contributed by atoms with van der Waals surface area (Å²) in [5, 5.41) is 0. The molecule has 0 rings (SSSR count). The highest BCUT2D eigenvalue weighted by atomic mass is 32.1. The van der Waals surface area contributed by atoms with Crippen molar-refractivity contribution in [3.05, 3.63) is 0 Å². The van der Waals surface area contributed by atoms with E-state index in [0.29, 0.717) is 0 Å². The molecule has 0 aliphatic carbocycles. The van der Waals surface area contributed by atoms with Crippen molar-refractivity contribution in [2.75, 3.05) is 0 Å². The van der Waals surface area contributed by atoms with E-state index in [1.54, 1.807) is 0 Å². The van der Waals surface area contributed by atoms with Crippen LogP contribution >= 0.6 is 23.6 Å². The van der Waals surface area contributed by atoms with Gasteiger partial charge < -0.3 is 29.4 Å². The van der Waals surface area contributed by atoms with E-state index in [2.05, 4.69) is 0 Å². The van der Waals surface area contributed by atoms with Crippen LogP contribution in [0.15, 0.2) is 0 Å². The van der Waals surface area contributed by atoms with Gasteiger partial charge in [0.05, 0.1) is 0 Å². The van der Waals surface area contributed by atoms with E-state index in [9.17, 15) is 9.13 Å². The van der Waals surface area contributed by atoms with Crippen molar-refractivity contribution in [2.24, 2.45) is 0 Å². The summed E-state index contributed by atoms with van der Waals surface area (Å²) in [6.07, 6.45) is 0. The first-order valence-electron chi connectivity index (χ1n) is 1.81. The first-order chi connectivity index (χ1) is 4.66. The molecule has 0 saturated heterocycles. The van der Waals surface area contributed by atoms with Gasteiger partial charge in [-0.3, -0.25) is 0 Å². The van der Waals surface area contributed by atoms with E-state index in [-0.39, 0.29) is 0 Å². The summed E-state index contributed by atoms with van der Waals surface area (Å²) in [4.78, 5) is 45.1. The lowest BCUT2D eigenvalue weighted by Crippen LogP contribution is -1.78. The fourth-order valence-electron chi connectivity index (χ4n) is 0. The zero-order valence-corrected chi connectivity index (χ0v) is 7.68. The Morgan fingerprint density at radius 2 is 0.909 bits per heavy atom. The van der Waals surface area contributed by atoms with Crippen LogP contribution in [-0.2, 0) is 9.13 Å². The summed E-state index contributed by atoms with van der Waals surface area (Å²) in [5.74, 6) is 0. The topological polar surface area (TPSA) is 156 Å². The Kier molecular flexibility index (Phi) is 6.87. The fourth-order valence-corrected chi connectivity index (χ4v) is 0. The van der Waals surface area contributed by atoms with Gasteiger partial charge in [-0.15, -0.1) is 0 Å². The van der Waals surface area contributed by atoms with Crippen LogP contribution in [0.4, 0.5) is 0 Å². The van der Waals surface area contributed by atoms with Gasteiger partial charge in [0.15, 0.2) is 0 Å². The largest absolute Gasteiger partial charge is 0.435 e. The predicted molar refractivity (Wildman–Crippen MR) is 36.8 cm³/mol. The molecule has 0 aromatic carbocycles. The minimum atomic E-state index is -5.18. The van der Waals surface area contributed by atoms with Crippen LogP contribution in [0, 0.1) is 0 Å². The van der Waals surface area contributed by atoms with Crippen LogP contribution in [0.5, 0.6) is 0 Å². The van der Waals surface area contributed by atoms with E-state index < -0.39 is 23.6 Å². The molecule has 0 saturated carbocycles. The fraction of sp³-hybridized carbons (Fsp3) is 0. The zero-order chi connectivity index (χ0) is 9.71. The molecule has 0 aliphatic heterocycles. The highest BCUT2D eigenvalue weighted by molar-refractivity contribution is 8.26. The first kappa shape index (κ1) is 14.2. The van der Waals surface area contributed by atoms with Crippen molar-refractivity contribution in [1.82, 2.24) is 0 Å². The van der Waals surface area contributed by atoms with Gasteiger partial charge in [0.2, 0.25) is 0 Å². The Labute approximate surface area is 63.1 Å². The van der Waals surface area contributed by atoms with Crippen molar-refractivity contribution in [3.63, 3.8) is 0 Å². The van der Waals surface area contributed by atoms with Gasteiger partial charge in [-0.2, -0.15) is 0 Å². The van der Waals surface area contributed by atoms with Crippen LogP contribution in [-0.4, -0.2) is 29.4 Å². The molecule has 0 radical (unpaired) electrons. The normalized spacial score (nSPS) is 11.8. The third-order valence-corrected chi connectivity index (χ3v) is 3.05. The Morgan fingerprint density at radius 3 is 0.909 bits per heavy atom. The van der Waals surface area contributed by atoms with Crippen LogP contribution in [0.25, 0.3) is 0 Å². The highest BCUT2D eigenvalue weighted by Crippen LogP contribution is 2.71. The molecule has 0 bridgehead atoms. The van der Waals surface area contributed by atoms with Crippen LogP contribution in [0.2, 0.25) is 0 Å². The lowest BCUT2D eigenvalue weighted by Gasteiger charge is -2.02. The maximum absolute atomic E-state index is 9.58. The first-order valence-corrected chi connectivity index (χ1v) is 6.64. The van der Waals surface area contributed by atoms with Crippen LogP contribution in [0.1, 0.15) is 0 Å². The van der Waals surface area contributed by atoms with Crippen molar-refractivity contribution < 1.29 is 38.5 Å². The van der Waals surface area contributed by atoms with Crippen molar-refractivity contribution in [3.8, 4) is 0 Å². The zero-order valence-electron chi connectivity index (χ0n) is 4.89. The molecule has 11 heavy (non-hydrogen) atoms. The Balaban J connectivity index is 0. The molecule has 0 aromatic heterocycles. The molecular formula is H7O8P3. The number of hydrogen-bond donors (Lipinski definition) is 6. The summed E-state index contributed by atoms with van der Waals surface area (Å²) >= 11 is 0. The molecule has 70 valence electrons. The molecular weight excluding hydrogens is 221 g/mol. The predicted octanol–water partition coefficient (Wildman–Crippen LogP) is -1.26. The smallest absolute Gasteiger partial charge is 0.352 e. The van der Waals surface area contributed by atoms with Gasteiger partial charge in [-0.1, -0.05) is 0 Å². The number of hydrogen-bond acceptors (Lipinski definition) is 4. The van der Waals surface area contributed by atoms with E-state index in [4.69, 9.17) is 29.4 Å². The lowest BCUT2D eigenvalue weighted by atomic mass is 15.8. The SMILES string of the molecule is O=P(O)(O)P(=O)(O)O.OPO. The quantitative estimate of drug-likeness (QED) is 0.303. The Bertz CT molecular complexity index is 150. The third-order valence-electron chi connectivity index (χ3n) is 0.339. The van der Waals surface area contributed by atoms with Gasteiger partial charge >= 0.3 is 14.6 Å². The molecule has 0 fully saturated rings. The van der Waals surface area contributed by atoms with Gasteiger partial charge in [0, 0.05) is 0 Å². The molecule has 11 heteroatoms. The summed E-state index contributed by atoms with van der Waals surface area (Å²) in [5.41, 5.74) is 0. The molecule has 0 unspecified atom stereocenters. The lowest BCUT2D eigenvalue weighted by molar-refractivity contribution is 0.340. The van der Waals surface area contributed by atoms with E-state index >= 15 is 0 Å². The average molecular weight is 228 g/mol.